The van der Waals surface area contributed by atoms with Gasteiger partial charge in [-0.25, -0.2) is 4.79 Å². The zero-order valence-electron chi connectivity index (χ0n) is 13.0. The van der Waals surface area contributed by atoms with Crippen molar-refractivity contribution in [3.8, 4) is 11.5 Å². The van der Waals surface area contributed by atoms with Crippen LogP contribution in [0.3, 0.4) is 0 Å². The van der Waals surface area contributed by atoms with E-state index in [-0.39, 0.29) is 5.76 Å². The van der Waals surface area contributed by atoms with Gasteiger partial charge in [0.2, 0.25) is 5.76 Å². The molecule has 1 N–H and O–H groups in total. The lowest BCUT2D eigenvalue weighted by molar-refractivity contribution is -0.123. The molecule has 1 amide bonds. The van der Waals surface area contributed by atoms with Crippen LogP contribution in [-0.2, 0) is 9.53 Å². The van der Waals surface area contributed by atoms with Crippen molar-refractivity contribution in [2.45, 2.75) is 13.0 Å². The molecule has 0 saturated heterocycles. The standard InChI is InChI=1S/C16H17NO6/c1-10(23-16(19)14-5-4-6-22-14)15(18)17-11-7-12(20-2)9-13(8-11)21-3/h4-10H,1-3H3,(H,17,18). The van der Waals surface area contributed by atoms with E-state index in [1.54, 1.807) is 24.3 Å². The zero-order chi connectivity index (χ0) is 16.8. The van der Waals surface area contributed by atoms with Gasteiger partial charge in [-0.2, -0.15) is 0 Å². The molecular weight excluding hydrogens is 302 g/mol. The number of hydrogen-bond acceptors (Lipinski definition) is 6. The monoisotopic (exact) mass is 319 g/mol. The van der Waals surface area contributed by atoms with Crippen molar-refractivity contribution in [1.29, 1.82) is 0 Å². The smallest absolute Gasteiger partial charge is 0.374 e. The minimum atomic E-state index is -0.996. The molecule has 0 saturated carbocycles. The molecule has 0 fully saturated rings. The normalized spacial score (nSPS) is 11.4. The van der Waals surface area contributed by atoms with Crippen LogP contribution in [0.4, 0.5) is 5.69 Å². The predicted octanol–water partition coefficient (Wildman–Crippen LogP) is 2.48. The molecule has 1 unspecified atom stereocenters. The molecule has 1 atom stereocenters. The number of rotatable bonds is 6. The molecule has 7 heteroatoms. The number of hydrogen-bond donors (Lipinski definition) is 1. The van der Waals surface area contributed by atoms with Crippen molar-refractivity contribution in [3.63, 3.8) is 0 Å². The molecule has 0 spiro atoms. The maximum Gasteiger partial charge on any atom is 0.374 e. The van der Waals surface area contributed by atoms with E-state index in [2.05, 4.69) is 5.32 Å². The largest absolute Gasteiger partial charge is 0.497 e. The second kappa shape index (κ2) is 7.35. The van der Waals surface area contributed by atoms with Crippen LogP contribution in [0, 0.1) is 0 Å². The summed E-state index contributed by atoms with van der Waals surface area (Å²) in [6.07, 6.45) is 0.355. The van der Waals surface area contributed by atoms with Crippen LogP contribution in [0.15, 0.2) is 41.0 Å². The molecule has 2 aromatic rings. The van der Waals surface area contributed by atoms with Crippen molar-refractivity contribution in [3.05, 3.63) is 42.4 Å². The molecule has 0 aliphatic rings. The van der Waals surface area contributed by atoms with E-state index >= 15 is 0 Å². The van der Waals surface area contributed by atoms with Crippen molar-refractivity contribution < 1.29 is 28.2 Å². The van der Waals surface area contributed by atoms with E-state index in [0.717, 1.165) is 0 Å². The quantitative estimate of drug-likeness (QED) is 0.823. The van der Waals surface area contributed by atoms with Gasteiger partial charge in [0.05, 0.1) is 20.5 Å². The molecule has 2 rings (SSSR count). The fraction of sp³-hybridized carbons (Fsp3) is 0.250. The Morgan fingerprint density at radius 2 is 1.78 bits per heavy atom. The Hall–Kier alpha value is -2.96. The van der Waals surface area contributed by atoms with Crippen LogP contribution in [0.5, 0.6) is 11.5 Å². The molecule has 0 aliphatic heterocycles. The van der Waals surface area contributed by atoms with E-state index in [1.165, 1.54) is 33.5 Å². The van der Waals surface area contributed by atoms with Gasteiger partial charge in [-0.3, -0.25) is 4.79 Å². The first-order chi connectivity index (χ1) is 11.0. The number of ether oxygens (including phenoxy) is 3. The van der Waals surface area contributed by atoms with E-state index < -0.39 is 18.0 Å². The van der Waals surface area contributed by atoms with Crippen LogP contribution >= 0.6 is 0 Å². The third kappa shape index (κ3) is 4.26. The fourth-order valence-corrected chi connectivity index (χ4v) is 1.79. The molecule has 1 heterocycles. The van der Waals surface area contributed by atoms with E-state index in [4.69, 9.17) is 18.6 Å². The van der Waals surface area contributed by atoms with Gasteiger partial charge in [0.1, 0.15) is 11.5 Å². The van der Waals surface area contributed by atoms with E-state index in [0.29, 0.717) is 17.2 Å². The lowest BCUT2D eigenvalue weighted by Crippen LogP contribution is -2.29. The SMILES string of the molecule is COc1cc(NC(=O)C(C)OC(=O)c2ccco2)cc(OC)c1. The van der Waals surface area contributed by atoms with Gasteiger partial charge in [-0.1, -0.05) is 0 Å². The summed E-state index contributed by atoms with van der Waals surface area (Å²) < 4.78 is 20.2. The molecule has 1 aromatic heterocycles. The van der Waals surface area contributed by atoms with Crippen LogP contribution in [0.1, 0.15) is 17.5 Å². The molecular formula is C16H17NO6. The Morgan fingerprint density at radius 1 is 1.13 bits per heavy atom. The number of amides is 1. The molecule has 0 bridgehead atoms. The number of methoxy groups -OCH3 is 2. The first kappa shape index (κ1) is 16.4. The second-order valence-corrected chi connectivity index (χ2v) is 4.62. The Labute approximate surface area is 133 Å². The maximum absolute atomic E-state index is 12.1. The lowest BCUT2D eigenvalue weighted by Gasteiger charge is -2.14. The highest BCUT2D eigenvalue weighted by molar-refractivity contribution is 5.96. The van der Waals surface area contributed by atoms with Crippen molar-refractivity contribution in [2.75, 3.05) is 19.5 Å². The van der Waals surface area contributed by atoms with Crippen LogP contribution in [0.2, 0.25) is 0 Å². The number of esters is 1. The molecule has 7 nitrogen and oxygen atoms in total. The number of carbonyl (C=O) groups excluding carboxylic acids is 2. The predicted molar refractivity (Wildman–Crippen MR) is 81.8 cm³/mol. The van der Waals surface area contributed by atoms with E-state index in [9.17, 15) is 9.59 Å². The fourth-order valence-electron chi connectivity index (χ4n) is 1.79. The Bertz CT molecular complexity index is 658. The number of benzene rings is 1. The van der Waals surface area contributed by atoms with Crippen LogP contribution in [0.25, 0.3) is 0 Å². The van der Waals surface area contributed by atoms with Gasteiger partial charge in [0.15, 0.2) is 6.10 Å². The zero-order valence-corrected chi connectivity index (χ0v) is 13.0. The summed E-state index contributed by atoms with van der Waals surface area (Å²) in [5.41, 5.74) is 0.465. The van der Waals surface area contributed by atoms with Crippen LogP contribution in [-0.4, -0.2) is 32.2 Å². The molecule has 1 aromatic carbocycles. The molecule has 0 radical (unpaired) electrons. The molecule has 0 aliphatic carbocycles. The Morgan fingerprint density at radius 3 is 2.30 bits per heavy atom. The summed E-state index contributed by atoms with van der Waals surface area (Å²) >= 11 is 0. The first-order valence-corrected chi connectivity index (χ1v) is 6.82. The highest BCUT2D eigenvalue weighted by Crippen LogP contribution is 2.25. The van der Waals surface area contributed by atoms with E-state index in [1.807, 2.05) is 0 Å². The second-order valence-electron chi connectivity index (χ2n) is 4.62. The number of anilines is 1. The summed E-state index contributed by atoms with van der Waals surface area (Å²) in [6, 6.07) is 7.95. The van der Waals surface area contributed by atoms with Gasteiger partial charge in [0, 0.05) is 23.9 Å². The summed E-state index contributed by atoms with van der Waals surface area (Å²) in [5, 5.41) is 2.64. The average molecular weight is 319 g/mol. The third-order valence-electron chi connectivity index (χ3n) is 2.99. The number of furan rings is 1. The van der Waals surface area contributed by atoms with Crippen LogP contribution < -0.4 is 14.8 Å². The average Bonchev–Trinajstić information content (AvgIpc) is 3.08. The summed E-state index contributed by atoms with van der Waals surface area (Å²) in [6.45, 7) is 1.47. The van der Waals surface area contributed by atoms with Crippen molar-refractivity contribution in [2.24, 2.45) is 0 Å². The number of nitrogens with one attached hydrogen (secondary N) is 1. The third-order valence-corrected chi connectivity index (χ3v) is 2.99. The van der Waals surface area contributed by atoms with Gasteiger partial charge in [-0.05, 0) is 19.1 Å². The Kier molecular flexibility index (Phi) is 5.24. The summed E-state index contributed by atoms with van der Waals surface area (Å²) in [7, 11) is 3.02. The molecule has 122 valence electrons. The minimum Gasteiger partial charge on any atom is -0.497 e. The highest BCUT2D eigenvalue weighted by atomic mass is 16.6. The number of carbonyl (C=O) groups is 2. The summed E-state index contributed by atoms with van der Waals surface area (Å²) in [4.78, 5) is 23.9. The summed E-state index contributed by atoms with van der Waals surface area (Å²) in [5.74, 6) is -0.103. The van der Waals surface area contributed by atoms with Crippen molar-refractivity contribution in [1.82, 2.24) is 0 Å². The topological polar surface area (TPSA) is 87.0 Å². The van der Waals surface area contributed by atoms with Crippen molar-refractivity contribution >= 4 is 17.6 Å². The Balaban J connectivity index is 2.02. The maximum atomic E-state index is 12.1. The van der Waals surface area contributed by atoms with Gasteiger partial charge < -0.3 is 23.9 Å². The molecule has 23 heavy (non-hydrogen) atoms. The minimum absolute atomic E-state index is 0.0349. The van der Waals surface area contributed by atoms with Gasteiger partial charge in [-0.15, -0.1) is 0 Å². The highest BCUT2D eigenvalue weighted by Gasteiger charge is 2.20. The lowest BCUT2D eigenvalue weighted by atomic mass is 10.2. The van der Waals surface area contributed by atoms with Gasteiger partial charge in [0.25, 0.3) is 5.91 Å². The van der Waals surface area contributed by atoms with Gasteiger partial charge >= 0.3 is 5.97 Å². The first-order valence-electron chi connectivity index (χ1n) is 6.82.